The molecule has 0 bridgehead atoms. The van der Waals surface area contributed by atoms with E-state index in [0.717, 1.165) is 5.56 Å². The van der Waals surface area contributed by atoms with E-state index in [-0.39, 0.29) is 5.69 Å². The predicted molar refractivity (Wildman–Crippen MR) is 75.7 cm³/mol. The van der Waals surface area contributed by atoms with Gasteiger partial charge in [-0.3, -0.25) is 0 Å². The summed E-state index contributed by atoms with van der Waals surface area (Å²) in [7, 11) is 0. The van der Waals surface area contributed by atoms with Crippen molar-refractivity contribution in [2.75, 3.05) is 5.32 Å². The molecule has 2 rings (SSSR count). The van der Waals surface area contributed by atoms with Crippen LogP contribution in [-0.2, 0) is 0 Å². The fraction of sp³-hybridized carbons (Fsp3) is 0.0769. The van der Waals surface area contributed by atoms with Gasteiger partial charge in [0.2, 0.25) is 0 Å². The first kappa shape index (κ1) is 13.6. The second-order valence-corrected chi connectivity index (χ2v) is 4.67. The van der Waals surface area contributed by atoms with Crippen molar-refractivity contribution in [1.82, 2.24) is 4.98 Å². The minimum Gasteiger partial charge on any atom is -0.476 e. The van der Waals surface area contributed by atoms with Gasteiger partial charge in [-0.05, 0) is 30.7 Å². The van der Waals surface area contributed by atoms with E-state index < -0.39 is 5.97 Å². The topological polar surface area (TPSA) is 62.2 Å². The monoisotopic (exact) mass is 296 g/mol. The molecule has 2 N–H and O–H groups in total. The van der Waals surface area contributed by atoms with E-state index in [9.17, 15) is 4.79 Å². The molecule has 0 saturated heterocycles. The molecule has 0 aliphatic heterocycles. The fourth-order valence-electron chi connectivity index (χ4n) is 1.58. The number of aryl methyl sites for hydroxylation is 1. The fourth-order valence-corrected chi connectivity index (χ4v) is 2.05. The molecule has 0 fully saturated rings. The Morgan fingerprint density at radius 2 is 2.05 bits per heavy atom. The van der Waals surface area contributed by atoms with Crippen LogP contribution in [0.1, 0.15) is 16.1 Å². The number of anilines is 2. The molecule has 98 valence electrons. The molecular formula is C13H10Cl2N2O2. The molecule has 1 heterocycles. The lowest BCUT2D eigenvalue weighted by molar-refractivity contribution is 0.0691. The maximum atomic E-state index is 11.1. The highest BCUT2D eigenvalue weighted by atomic mass is 35.5. The molecule has 6 heteroatoms. The van der Waals surface area contributed by atoms with Crippen LogP contribution in [-0.4, -0.2) is 16.1 Å². The lowest BCUT2D eigenvalue weighted by Gasteiger charge is -2.13. The van der Waals surface area contributed by atoms with Crippen LogP contribution in [0.5, 0.6) is 0 Å². The molecule has 4 nitrogen and oxygen atoms in total. The summed E-state index contributed by atoms with van der Waals surface area (Å²) in [6, 6.07) is 6.72. The molecule has 0 saturated carbocycles. The van der Waals surface area contributed by atoms with Crippen LogP contribution in [0.15, 0.2) is 30.5 Å². The molecule has 0 unspecified atom stereocenters. The number of aromatic nitrogens is 1. The third kappa shape index (κ3) is 2.80. The second-order valence-electron chi connectivity index (χ2n) is 3.88. The van der Waals surface area contributed by atoms with Gasteiger partial charge < -0.3 is 10.4 Å². The Labute approximate surface area is 120 Å². The quantitative estimate of drug-likeness (QED) is 0.893. The summed E-state index contributed by atoms with van der Waals surface area (Å²) in [5.74, 6) is -1.12. The van der Waals surface area contributed by atoms with E-state index in [2.05, 4.69) is 10.3 Å². The van der Waals surface area contributed by atoms with Crippen molar-refractivity contribution < 1.29 is 9.90 Å². The smallest absolute Gasteiger partial charge is 0.356 e. The minimum atomic E-state index is -1.12. The predicted octanol–water partition coefficient (Wildman–Crippen LogP) is 4.14. The highest BCUT2D eigenvalue weighted by Crippen LogP contribution is 2.35. The average Bonchev–Trinajstić information content (AvgIpc) is 2.39. The number of carboxylic acid groups (broad SMARTS) is 1. The van der Waals surface area contributed by atoms with Crippen molar-refractivity contribution >= 4 is 40.5 Å². The lowest BCUT2D eigenvalue weighted by Crippen LogP contribution is -2.05. The molecule has 1 aromatic heterocycles. The molecule has 19 heavy (non-hydrogen) atoms. The van der Waals surface area contributed by atoms with Crippen molar-refractivity contribution in [2.24, 2.45) is 0 Å². The van der Waals surface area contributed by atoms with Crippen LogP contribution in [0.4, 0.5) is 11.4 Å². The molecule has 0 radical (unpaired) electrons. The number of aromatic carboxylic acids is 1. The average molecular weight is 297 g/mol. The maximum Gasteiger partial charge on any atom is 0.356 e. The van der Waals surface area contributed by atoms with Crippen LogP contribution >= 0.6 is 23.2 Å². The van der Waals surface area contributed by atoms with E-state index in [1.165, 1.54) is 6.20 Å². The number of hydrogen-bond donors (Lipinski definition) is 2. The van der Waals surface area contributed by atoms with Gasteiger partial charge >= 0.3 is 5.97 Å². The highest BCUT2D eigenvalue weighted by molar-refractivity contribution is 6.39. The molecule has 1 aromatic carbocycles. The largest absolute Gasteiger partial charge is 0.476 e. The number of pyridine rings is 1. The summed E-state index contributed by atoms with van der Waals surface area (Å²) in [4.78, 5) is 14.9. The van der Waals surface area contributed by atoms with Crippen molar-refractivity contribution in [3.8, 4) is 0 Å². The molecule has 2 aromatic rings. The Hall–Kier alpha value is -1.78. The summed E-state index contributed by atoms with van der Waals surface area (Å²) in [5, 5.41) is 12.9. The van der Waals surface area contributed by atoms with Crippen molar-refractivity contribution in [3.63, 3.8) is 0 Å². The van der Waals surface area contributed by atoms with E-state index in [0.29, 0.717) is 21.4 Å². The zero-order chi connectivity index (χ0) is 14.0. The summed E-state index contributed by atoms with van der Waals surface area (Å²) in [5.41, 5.74) is 1.56. The molecular weight excluding hydrogens is 287 g/mol. The molecule has 0 aliphatic rings. The number of hydrogen-bond acceptors (Lipinski definition) is 3. The zero-order valence-corrected chi connectivity index (χ0v) is 11.5. The summed E-state index contributed by atoms with van der Waals surface area (Å²) in [6.07, 6.45) is 1.41. The van der Waals surface area contributed by atoms with E-state index in [1.54, 1.807) is 24.3 Å². The molecule has 0 aliphatic carbocycles. The first-order chi connectivity index (χ1) is 9.00. The van der Waals surface area contributed by atoms with Gasteiger partial charge in [0, 0.05) is 6.20 Å². The normalized spacial score (nSPS) is 10.3. The lowest BCUT2D eigenvalue weighted by atomic mass is 10.2. The van der Waals surface area contributed by atoms with E-state index in [1.807, 2.05) is 6.92 Å². The third-order valence-corrected chi connectivity index (χ3v) is 3.36. The Morgan fingerprint density at radius 3 is 2.74 bits per heavy atom. The number of halogens is 2. The summed E-state index contributed by atoms with van der Waals surface area (Å²) in [6.45, 7) is 1.84. The number of carboxylic acids is 1. The van der Waals surface area contributed by atoms with Crippen molar-refractivity contribution in [2.45, 2.75) is 6.92 Å². The highest BCUT2D eigenvalue weighted by Gasteiger charge is 2.14. The molecule has 0 atom stereocenters. The van der Waals surface area contributed by atoms with Crippen LogP contribution < -0.4 is 5.32 Å². The Bertz CT molecular complexity index is 645. The van der Waals surface area contributed by atoms with Gasteiger partial charge in [-0.2, -0.15) is 0 Å². The van der Waals surface area contributed by atoms with E-state index >= 15 is 0 Å². The minimum absolute atomic E-state index is 0.0869. The van der Waals surface area contributed by atoms with Gasteiger partial charge in [0.1, 0.15) is 0 Å². The number of benzene rings is 1. The van der Waals surface area contributed by atoms with E-state index in [4.69, 9.17) is 28.3 Å². The second kappa shape index (κ2) is 5.47. The maximum absolute atomic E-state index is 11.1. The Kier molecular flexibility index (Phi) is 3.93. The number of carbonyl (C=O) groups is 1. The Morgan fingerprint density at radius 1 is 1.32 bits per heavy atom. The van der Waals surface area contributed by atoms with Gasteiger partial charge in [0.05, 0.1) is 21.4 Å². The van der Waals surface area contributed by atoms with Crippen LogP contribution in [0.3, 0.4) is 0 Å². The number of rotatable bonds is 3. The van der Waals surface area contributed by atoms with Crippen LogP contribution in [0, 0.1) is 6.92 Å². The zero-order valence-electron chi connectivity index (χ0n) is 9.95. The standard InChI is InChI=1S/C13H10Cl2N2O2/c1-7-4-5-8(14)11(10(7)15)17-9-3-2-6-16-12(9)13(18)19/h2-6,17H,1H3,(H,18,19). The van der Waals surface area contributed by atoms with Crippen LogP contribution in [0.2, 0.25) is 10.0 Å². The van der Waals surface area contributed by atoms with Gasteiger partial charge in [0.15, 0.2) is 5.69 Å². The summed E-state index contributed by atoms with van der Waals surface area (Å²) >= 11 is 12.2. The summed E-state index contributed by atoms with van der Waals surface area (Å²) < 4.78 is 0. The van der Waals surface area contributed by atoms with Gasteiger partial charge in [0.25, 0.3) is 0 Å². The number of nitrogens with one attached hydrogen (secondary N) is 1. The van der Waals surface area contributed by atoms with Gasteiger partial charge in [-0.1, -0.05) is 29.3 Å². The van der Waals surface area contributed by atoms with Crippen molar-refractivity contribution in [3.05, 3.63) is 51.8 Å². The first-order valence-corrected chi connectivity index (χ1v) is 6.16. The van der Waals surface area contributed by atoms with Gasteiger partial charge in [-0.25, -0.2) is 9.78 Å². The van der Waals surface area contributed by atoms with Crippen molar-refractivity contribution in [1.29, 1.82) is 0 Å². The molecule has 0 amide bonds. The first-order valence-electron chi connectivity index (χ1n) is 5.40. The SMILES string of the molecule is Cc1ccc(Cl)c(Nc2cccnc2C(=O)O)c1Cl. The number of nitrogens with zero attached hydrogens (tertiary/aromatic N) is 1. The van der Waals surface area contributed by atoms with Gasteiger partial charge in [-0.15, -0.1) is 0 Å². The Balaban J connectivity index is 2.48. The third-order valence-electron chi connectivity index (χ3n) is 2.55. The van der Waals surface area contributed by atoms with Crippen LogP contribution in [0.25, 0.3) is 0 Å². The molecule has 0 spiro atoms.